The van der Waals surface area contributed by atoms with Crippen LogP contribution in [0.1, 0.15) is 35.1 Å². The van der Waals surface area contributed by atoms with Crippen LogP contribution in [0.3, 0.4) is 0 Å². The number of hydrogen-bond acceptors (Lipinski definition) is 5. The summed E-state index contributed by atoms with van der Waals surface area (Å²) in [5.74, 6) is 5.29. The first-order valence-electron chi connectivity index (χ1n) is 8.78. The van der Waals surface area contributed by atoms with Gasteiger partial charge in [-0.15, -0.1) is 10.2 Å². The number of phenolic OH excluding ortho intramolecular Hbond substituents is 1. The predicted molar refractivity (Wildman–Crippen MR) is 98.7 cm³/mol. The summed E-state index contributed by atoms with van der Waals surface area (Å²) in [4.78, 5) is 0. The molecule has 0 aliphatic heterocycles. The zero-order valence-corrected chi connectivity index (χ0v) is 15.2. The number of halogens is 3. The van der Waals surface area contributed by atoms with E-state index in [0.29, 0.717) is 42.3 Å². The van der Waals surface area contributed by atoms with Crippen LogP contribution in [0.4, 0.5) is 13.2 Å². The van der Waals surface area contributed by atoms with Crippen LogP contribution in [0.25, 0.3) is 11.4 Å². The van der Waals surface area contributed by atoms with E-state index in [1.165, 1.54) is 6.07 Å². The third-order valence-corrected chi connectivity index (χ3v) is 4.20. The van der Waals surface area contributed by atoms with Gasteiger partial charge in [0.15, 0.2) is 0 Å². The van der Waals surface area contributed by atoms with Crippen molar-refractivity contribution < 1.29 is 23.4 Å². The summed E-state index contributed by atoms with van der Waals surface area (Å²) >= 11 is 0. The van der Waals surface area contributed by atoms with Crippen LogP contribution in [0.15, 0.2) is 36.4 Å². The quantitative estimate of drug-likeness (QED) is 0.450. The smallest absolute Gasteiger partial charge is 0.417 e. The molecular weight excluding hydrogens is 385 g/mol. The lowest BCUT2D eigenvalue weighted by atomic mass is 9.98. The summed E-state index contributed by atoms with van der Waals surface area (Å²) in [6, 6.07) is 8.19. The van der Waals surface area contributed by atoms with Gasteiger partial charge in [-0.2, -0.15) is 18.4 Å². The molecule has 150 valence electrons. The van der Waals surface area contributed by atoms with Gasteiger partial charge in [-0.3, -0.25) is 0 Å². The number of benzene rings is 2. The van der Waals surface area contributed by atoms with Crippen molar-refractivity contribution in [1.82, 2.24) is 20.6 Å². The van der Waals surface area contributed by atoms with Crippen LogP contribution in [-0.2, 0) is 12.6 Å². The Kier molecular flexibility index (Phi) is 6.14. The fourth-order valence-electron chi connectivity index (χ4n) is 2.78. The van der Waals surface area contributed by atoms with E-state index in [1.54, 1.807) is 12.1 Å². The molecule has 0 aliphatic rings. The summed E-state index contributed by atoms with van der Waals surface area (Å²) in [6.45, 7) is 0.0496. The first-order chi connectivity index (χ1) is 13.9. The number of nitrogens with zero attached hydrogens (tertiary/aromatic N) is 3. The largest absolute Gasteiger partial charge is 0.508 e. The summed E-state index contributed by atoms with van der Waals surface area (Å²) in [7, 11) is 0. The number of alkyl halides is 3. The molecule has 0 atom stereocenters. The number of nitrogens with one attached hydrogen (secondary N) is 1. The molecule has 1 heterocycles. The first kappa shape index (κ1) is 20.4. The van der Waals surface area contributed by atoms with Crippen LogP contribution in [0.2, 0.25) is 0 Å². The average molecular weight is 402 g/mol. The van der Waals surface area contributed by atoms with Crippen LogP contribution in [0, 0.1) is 11.8 Å². The molecule has 9 heteroatoms. The van der Waals surface area contributed by atoms with Crippen molar-refractivity contribution in [1.29, 1.82) is 0 Å². The topological polar surface area (TPSA) is 94.9 Å². The number of H-pyrrole nitrogens is 1. The monoisotopic (exact) mass is 402 g/mol. The number of phenols is 1. The maximum atomic E-state index is 13.2. The minimum Gasteiger partial charge on any atom is -0.508 e. The lowest BCUT2D eigenvalue weighted by molar-refractivity contribution is -0.137. The Morgan fingerprint density at radius 2 is 1.76 bits per heavy atom. The Balaban J connectivity index is 1.99. The van der Waals surface area contributed by atoms with Gasteiger partial charge in [0, 0.05) is 23.3 Å². The van der Waals surface area contributed by atoms with Gasteiger partial charge >= 0.3 is 6.18 Å². The number of aliphatic hydroxyl groups excluding tert-OH is 1. The Morgan fingerprint density at radius 3 is 2.45 bits per heavy atom. The molecule has 0 saturated carbocycles. The Morgan fingerprint density at radius 1 is 1.00 bits per heavy atom. The van der Waals surface area contributed by atoms with Crippen molar-refractivity contribution in [3.63, 3.8) is 0 Å². The molecule has 2 aromatic carbocycles. The van der Waals surface area contributed by atoms with Gasteiger partial charge < -0.3 is 10.2 Å². The number of unbranched alkanes of at least 4 members (excludes halogenated alkanes) is 1. The van der Waals surface area contributed by atoms with E-state index in [0.717, 1.165) is 11.6 Å². The van der Waals surface area contributed by atoms with E-state index in [1.807, 2.05) is 6.07 Å². The molecule has 1 aromatic heterocycles. The third kappa shape index (κ3) is 5.12. The molecule has 0 spiro atoms. The zero-order valence-electron chi connectivity index (χ0n) is 15.2. The summed E-state index contributed by atoms with van der Waals surface area (Å²) in [6.07, 6.45) is -2.77. The second-order valence-electron chi connectivity index (χ2n) is 6.27. The van der Waals surface area contributed by atoms with Crippen molar-refractivity contribution in [2.24, 2.45) is 0 Å². The summed E-state index contributed by atoms with van der Waals surface area (Å²) in [5.41, 5.74) is 0.856. The molecule has 29 heavy (non-hydrogen) atoms. The van der Waals surface area contributed by atoms with Crippen molar-refractivity contribution in [2.75, 3.05) is 6.61 Å². The number of aliphatic hydroxyl groups is 1. The van der Waals surface area contributed by atoms with E-state index >= 15 is 0 Å². The highest BCUT2D eigenvalue weighted by molar-refractivity contribution is 5.60. The average Bonchev–Trinajstić information content (AvgIpc) is 3.22. The lowest BCUT2D eigenvalue weighted by Crippen LogP contribution is -2.07. The number of hydrogen-bond donors (Lipinski definition) is 3. The molecule has 0 fully saturated rings. The number of aromatic nitrogens is 4. The second kappa shape index (κ2) is 8.75. The highest BCUT2D eigenvalue weighted by atomic mass is 19.4. The van der Waals surface area contributed by atoms with Crippen LogP contribution in [0.5, 0.6) is 5.75 Å². The molecule has 0 saturated heterocycles. The van der Waals surface area contributed by atoms with E-state index in [-0.39, 0.29) is 12.2 Å². The number of tetrazole rings is 1. The first-order valence-corrected chi connectivity index (χ1v) is 8.78. The van der Waals surface area contributed by atoms with Crippen molar-refractivity contribution >= 4 is 0 Å². The Labute approximate surface area is 164 Å². The molecule has 0 aliphatic carbocycles. The zero-order chi connectivity index (χ0) is 20.9. The molecule has 0 radical (unpaired) electrons. The normalized spacial score (nSPS) is 11.2. The summed E-state index contributed by atoms with van der Waals surface area (Å²) in [5, 5.41) is 32.1. The second-order valence-corrected chi connectivity index (χ2v) is 6.27. The number of rotatable bonds is 5. The van der Waals surface area contributed by atoms with E-state index < -0.39 is 17.5 Å². The highest BCUT2D eigenvalue weighted by Gasteiger charge is 2.33. The van der Waals surface area contributed by atoms with Crippen LogP contribution in [-0.4, -0.2) is 37.4 Å². The number of aromatic hydroxyl groups is 1. The minimum atomic E-state index is -4.63. The molecule has 3 rings (SSSR count). The van der Waals surface area contributed by atoms with Crippen molar-refractivity contribution in [3.8, 4) is 29.0 Å². The summed E-state index contributed by atoms with van der Waals surface area (Å²) < 4.78 is 39.7. The molecule has 0 unspecified atom stereocenters. The van der Waals surface area contributed by atoms with E-state index in [2.05, 4.69) is 32.5 Å². The van der Waals surface area contributed by atoms with Gasteiger partial charge in [0.1, 0.15) is 5.75 Å². The van der Waals surface area contributed by atoms with Gasteiger partial charge in [-0.1, -0.05) is 11.8 Å². The number of aryl methyl sites for hydroxylation is 1. The molecule has 6 nitrogen and oxygen atoms in total. The maximum Gasteiger partial charge on any atom is 0.417 e. The van der Waals surface area contributed by atoms with Gasteiger partial charge in [-0.05, 0) is 66.4 Å². The van der Waals surface area contributed by atoms with Crippen molar-refractivity contribution in [2.45, 2.75) is 25.4 Å². The lowest BCUT2D eigenvalue weighted by Gasteiger charge is -2.09. The minimum absolute atomic E-state index is 0.0496. The van der Waals surface area contributed by atoms with Gasteiger partial charge in [0.05, 0.1) is 5.56 Å². The number of aromatic amines is 1. The Bertz CT molecular complexity index is 1040. The van der Waals surface area contributed by atoms with E-state index in [4.69, 9.17) is 5.11 Å². The standard InChI is InChI=1S/C20H17F3N4O2/c21-20(22,23)18-12-17(29)9-8-14(18)6-4-13-5-7-16(19-24-26-27-25-19)11-15(13)3-1-2-10-28/h5,7-9,11-12,28-29H,1-3,10H2,(H,24,25,26,27). The fourth-order valence-corrected chi connectivity index (χ4v) is 2.78. The predicted octanol–water partition coefficient (Wildman–Crippen LogP) is 3.31. The van der Waals surface area contributed by atoms with Crippen molar-refractivity contribution in [3.05, 3.63) is 58.7 Å². The molecule has 0 amide bonds. The molecule has 3 aromatic rings. The highest BCUT2D eigenvalue weighted by Crippen LogP contribution is 2.34. The fraction of sp³-hybridized carbons (Fsp3) is 0.250. The van der Waals surface area contributed by atoms with Gasteiger partial charge in [-0.25, -0.2) is 0 Å². The maximum absolute atomic E-state index is 13.2. The van der Waals surface area contributed by atoms with Gasteiger partial charge in [0.2, 0.25) is 5.82 Å². The molecular formula is C20H17F3N4O2. The van der Waals surface area contributed by atoms with Gasteiger partial charge in [0.25, 0.3) is 0 Å². The van der Waals surface area contributed by atoms with Crippen LogP contribution < -0.4 is 0 Å². The molecule has 3 N–H and O–H groups in total. The molecule has 0 bridgehead atoms. The Hall–Kier alpha value is -3.38. The SMILES string of the molecule is OCCCCc1cc(-c2nn[nH]n2)ccc1C#Cc1ccc(O)cc1C(F)(F)F. The third-order valence-electron chi connectivity index (χ3n) is 4.20. The van der Waals surface area contributed by atoms with Crippen LogP contribution >= 0.6 is 0 Å². The van der Waals surface area contributed by atoms with E-state index in [9.17, 15) is 18.3 Å².